The number of ether oxygens (including phenoxy) is 2. The highest BCUT2D eigenvalue weighted by molar-refractivity contribution is 5.50. The maximum absolute atomic E-state index is 10.6. The highest BCUT2D eigenvalue weighted by atomic mass is 16.5. The maximum Gasteiger partial charge on any atom is 0.161 e. The number of methoxy groups -OCH3 is 2. The van der Waals surface area contributed by atoms with Crippen LogP contribution in [0.3, 0.4) is 0 Å². The third-order valence-corrected chi connectivity index (χ3v) is 5.62. The Bertz CT molecular complexity index is 746. The molecule has 0 amide bonds. The summed E-state index contributed by atoms with van der Waals surface area (Å²) in [5, 5.41) is 10.6. The lowest BCUT2D eigenvalue weighted by atomic mass is 9.81. The summed E-state index contributed by atoms with van der Waals surface area (Å²) in [7, 11) is 3.35. The van der Waals surface area contributed by atoms with Crippen LogP contribution in [0.4, 0.5) is 0 Å². The highest BCUT2D eigenvalue weighted by Gasteiger charge is 2.39. The van der Waals surface area contributed by atoms with Crippen molar-refractivity contribution in [2.45, 2.75) is 37.5 Å². The second-order valence-corrected chi connectivity index (χ2v) is 6.96. The molecular weight excluding hydrogens is 314 g/mol. The molecule has 0 unspecified atom stereocenters. The maximum atomic E-state index is 10.6. The fourth-order valence-corrected chi connectivity index (χ4v) is 4.43. The number of fused-ring (bicyclic) bond motifs is 3. The van der Waals surface area contributed by atoms with Crippen molar-refractivity contribution in [1.82, 2.24) is 4.90 Å². The second-order valence-electron chi connectivity index (χ2n) is 6.96. The standard InChI is InChI=1S/C21H25NO3/c1-24-20-10-15-8-9-22-18(14-6-4-3-5-7-14)11-16(23)12-19(22)17(15)13-21(20)25-2/h3-7,10,13,16,18-19,23H,8-9,11-12H2,1-2H3/t16-,18-,19-/m0/s1. The molecule has 1 N–H and O–H groups in total. The molecule has 2 aromatic rings. The highest BCUT2D eigenvalue weighted by Crippen LogP contribution is 2.47. The minimum Gasteiger partial charge on any atom is -0.493 e. The van der Waals surface area contributed by atoms with E-state index in [0.29, 0.717) is 0 Å². The molecule has 0 spiro atoms. The molecule has 2 aromatic carbocycles. The lowest BCUT2D eigenvalue weighted by molar-refractivity contribution is -0.00685. The first kappa shape index (κ1) is 16.4. The van der Waals surface area contributed by atoms with Gasteiger partial charge in [-0.2, -0.15) is 0 Å². The normalized spacial score (nSPS) is 25.8. The minimum absolute atomic E-state index is 0.220. The van der Waals surface area contributed by atoms with Gasteiger partial charge in [-0.05, 0) is 48.1 Å². The molecule has 2 heterocycles. The zero-order valence-electron chi connectivity index (χ0n) is 14.8. The summed E-state index contributed by atoms with van der Waals surface area (Å²) in [6.07, 6.45) is 2.27. The summed E-state index contributed by atoms with van der Waals surface area (Å²) in [6, 6.07) is 15.2. The van der Waals surface area contributed by atoms with Crippen molar-refractivity contribution in [1.29, 1.82) is 0 Å². The third kappa shape index (κ3) is 2.90. The van der Waals surface area contributed by atoms with Crippen molar-refractivity contribution < 1.29 is 14.6 Å². The molecule has 3 atom stereocenters. The number of benzene rings is 2. The van der Waals surface area contributed by atoms with Gasteiger partial charge in [-0.1, -0.05) is 30.3 Å². The molecular formula is C21H25NO3. The molecule has 0 saturated carbocycles. The van der Waals surface area contributed by atoms with Crippen LogP contribution in [0.25, 0.3) is 0 Å². The second kappa shape index (κ2) is 6.70. The first-order chi connectivity index (χ1) is 12.2. The number of rotatable bonds is 3. The summed E-state index contributed by atoms with van der Waals surface area (Å²) >= 11 is 0. The van der Waals surface area contributed by atoms with E-state index >= 15 is 0 Å². The smallest absolute Gasteiger partial charge is 0.161 e. The van der Waals surface area contributed by atoms with Gasteiger partial charge in [0.2, 0.25) is 0 Å². The van der Waals surface area contributed by atoms with Gasteiger partial charge in [0.15, 0.2) is 11.5 Å². The molecule has 0 aliphatic carbocycles. The largest absolute Gasteiger partial charge is 0.493 e. The van der Waals surface area contributed by atoms with Gasteiger partial charge in [-0.3, -0.25) is 4.90 Å². The zero-order valence-corrected chi connectivity index (χ0v) is 14.8. The molecule has 0 bridgehead atoms. The number of hydrogen-bond donors (Lipinski definition) is 1. The van der Waals surface area contributed by atoms with Crippen LogP contribution < -0.4 is 9.47 Å². The molecule has 132 valence electrons. The topological polar surface area (TPSA) is 41.9 Å². The predicted octanol–water partition coefficient (Wildman–Crippen LogP) is 3.50. The molecule has 4 heteroatoms. The van der Waals surface area contributed by atoms with E-state index in [1.165, 1.54) is 16.7 Å². The van der Waals surface area contributed by atoms with E-state index in [4.69, 9.17) is 9.47 Å². The SMILES string of the molecule is COc1cc2c(cc1OC)[C@@H]1C[C@@H](O)C[C@@H](c3ccccc3)N1CC2. The number of hydrogen-bond acceptors (Lipinski definition) is 4. The van der Waals surface area contributed by atoms with Crippen LogP contribution in [-0.4, -0.2) is 36.9 Å². The summed E-state index contributed by atoms with van der Waals surface area (Å²) in [4.78, 5) is 2.55. The van der Waals surface area contributed by atoms with Gasteiger partial charge in [0, 0.05) is 18.6 Å². The van der Waals surface area contributed by atoms with E-state index in [2.05, 4.69) is 41.3 Å². The molecule has 0 radical (unpaired) electrons. The van der Waals surface area contributed by atoms with E-state index in [1.807, 2.05) is 6.07 Å². The Labute approximate surface area is 149 Å². The summed E-state index contributed by atoms with van der Waals surface area (Å²) in [5.41, 5.74) is 3.86. The van der Waals surface area contributed by atoms with Crippen molar-refractivity contribution in [2.75, 3.05) is 20.8 Å². The van der Waals surface area contributed by atoms with Crippen molar-refractivity contribution in [3.8, 4) is 11.5 Å². The van der Waals surface area contributed by atoms with Crippen molar-refractivity contribution in [3.63, 3.8) is 0 Å². The Morgan fingerprint density at radius 1 is 0.960 bits per heavy atom. The minimum atomic E-state index is -0.287. The number of piperidine rings is 1. The Hall–Kier alpha value is -2.04. The first-order valence-corrected chi connectivity index (χ1v) is 8.94. The molecule has 25 heavy (non-hydrogen) atoms. The molecule has 4 rings (SSSR count). The number of aliphatic hydroxyl groups excluding tert-OH is 1. The van der Waals surface area contributed by atoms with Crippen molar-refractivity contribution in [3.05, 3.63) is 59.2 Å². The molecule has 1 fully saturated rings. The molecule has 2 aliphatic heterocycles. The summed E-state index contributed by atoms with van der Waals surface area (Å²) in [5.74, 6) is 1.55. The van der Waals surface area contributed by atoms with Crippen LogP contribution in [0.2, 0.25) is 0 Å². The van der Waals surface area contributed by atoms with E-state index in [-0.39, 0.29) is 18.2 Å². The molecule has 4 nitrogen and oxygen atoms in total. The van der Waals surface area contributed by atoms with Gasteiger partial charge in [-0.15, -0.1) is 0 Å². The molecule has 1 saturated heterocycles. The monoisotopic (exact) mass is 339 g/mol. The Morgan fingerprint density at radius 2 is 1.64 bits per heavy atom. The fraction of sp³-hybridized carbons (Fsp3) is 0.429. The van der Waals surface area contributed by atoms with Gasteiger partial charge in [0.1, 0.15) is 0 Å². The van der Waals surface area contributed by atoms with Gasteiger partial charge >= 0.3 is 0 Å². The van der Waals surface area contributed by atoms with Gasteiger partial charge in [-0.25, -0.2) is 0 Å². The molecule has 2 aliphatic rings. The van der Waals surface area contributed by atoms with Crippen LogP contribution in [0, 0.1) is 0 Å². The quantitative estimate of drug-likeness (QED) is 0.929. The predicted molar refractivity (Wildman–Crippen MR) is 97.1 cm³/mol. The average molecular weight is 339 g/mol. The van der Waals surface area contributed by atoms with Crippen LogP contribution in [0.5, 0.6) is 11.5 Å². The van der Waals surface area contributed by atoms with E-state index < -0.39 is 0 Å². The van der Waals surface area contributed by atoms with Crippen LogP contribution in [0.1, 0.15) is 41.6 Å². The van der Waals surface area contributed by atoms with Crippen LogP contribution >= 0.6 is 0 Å². The number of nitrogens with zero attached hydrogens (tertiary/aromatic N) is 1. The van der Waals surface area contributed by atoms with E-state index in [9.17, 15) is 5.11 Å². The average Bonchev–Trinajstić information content (AvgIpc) is 2.66. The van der Waals surface area contributed by atoms with Gasteiger partial charge in [0.25, 0.3) is 0 Å². The summed E-state index contributed by atoms with van der Waals surface area (Å²) < 4.78 is 11.0. The Kier molecular flexibility index (Phi) is 4.40. The molecule has 0 aromatic heterocycles. The number of aliphatic hydroxyl groups is 1. The Balaban J connectivity index is 1.74. The van der Waals surface area contributed by atoms with Crippen molar-refractivity contribution >= 4 is 0 Å². The third-order valence-electron chi connectivity index (χ3n) is 5.62. The fourth-order valence-electron chi connectivity index (χ4n) is 4.43. The first-order valence-electron chi connectivity index (χ1n) is 8.94. The lowest BCUT2D eigenvalue weighted by Crippen LogP contribution is -2.45. The summed E-state index contributed by atoms with van der Waals surface area (Å²) in [6.45, 7) is 0.999. The lowest BCUT2D eigenvalue weighted by Gasteiger charge is -2.47. The van der Waals surface area contributed by atoms with Crippen LogP contribution in [0.15, 0.2) is 42.5 Å². The van der Waals surface area contributed by atoms with E-state index in [1.54, 1.807) is 14.2 Å². The van der Waals surface area contributed by atoms with E-state index in [0.717, 1.165) is 37.3 Å². The van der Waals surface area contributed by atoms with Gasteiger partial charge < -0.3 is 14.6 Å². The Morgan fingerprint density at radius 3 is 2.36 bits per heavy atom. The van der Waals surface area contributed by atoms with Gasteiger partial charge in [0.05, 0.1) is 20.3 Å². The zero-order chi connectivity index (χ0) is 17.4. The van der Waals surface area contributed by atoms with Crippen LogP contribution in [-0.2, 0) is 6.42 Å². The van der Waals surface area contributed by atoms with Crippen molar-refractivity contribution in [2.24, 2.45) is 0 Å².